The predicted molar refractivity (Wildman–Crippen MR) is 97.7 cm³/mol. The molecule has 0 spiro atoms. The average molecular weight is 360 g/mol. The Labute approximate surface area is 147 Å². The summed E-state index contributed by atoms with van der Waals surface area (Å²) in [6.45, 7) is 1.96. The van der Waals surface area contributed by atoms with E-state index < -0.39 is 0 Å². The number of aryl methyl sites for hydroxylation is 1. The summed E-state index contributed by atoms with van der Waals surface area (Å²) in [5.74, 6) is 1.08. The van der Waals surface area contributed by atoms with Gasteiger partial charge in [-0.05, 0) is 36.1 Å². The molecule has 0 atom stereocenters. The summed E-state index contributed by atoms with van der Waals surface area (Å²) in [5.41, 5.74) is 3.15. The molecule has 124 valence electrons. The molecule has 5 nitrogen and oxygen atoms in total. The standard InChI is InChI=1S/C17H16N2O3S2/c1-10-7-23-8-12(10)18-16(20)13-9-24-17(19-13)11-4-5-14(21-2)15(6-11)22-3/h4-9H,1-3H3,(H,18,20). The zero-order chi connectivity index (χ0) is 17.1. The highest BCUT2D eigenvalue weighted by atomic mass is 32.1. The van der Waals surface area contributed by atoms with Gasteiger partial charge in [0.2, 0.25) is 0 Å². The van der Waals surface area contributed by atoms with Gasteiger partial charge in [0.25, 0.3) is 5.91 Å². The van der Waals surface area contributed by atoms with Crippen LogP contribution in [-0.4, -0.2) is 25.1 Å². The fourth-order valence-corrected chi connectivity index (χ4v) is 3.73. The van der Waals surface area contributed by atoms with Crippen molar-refractivity contribution in [2.45, 2.75) is 6.92 Å². The largest absolute Gasteiger partial charge is 0.493 e. The number of aromatic nitrogens is 1. The molecule has 24 heavy (non-hydrogen) atoms. The van der Waals surface area contributed by atoms with Gasteiger partial charge < -0.3 is 14.8 Å². The van der Waals surface area contributed by atoms with E-state index in [1.807, 2.05) is 35.9 Å². The van der Waals surface area contributed by atoms with Crippen LogP contribution in [0.4, 0.5) is 5.69 Å². The highest BCUT2D eigenvalue weighted by molar-refractivity contribution is 7.13. The molecule has 0 saturated carbocycles. The quantitative estimate of drug-likeness (QED) is 0.730. The minimum absolute atomic E-state index is 0.209. The lowest BCUT2D eigenvalue weighted by molar-refractivity contribution is 0.102. The number of nitrogens with one attached hydrogen (secondary N) is 1. The lowest BCUT2D eigenvalue weighted by Crippen LogP contribution is -2.12. The molecule has 3 rings (SSSR count). The van der Waals surface area contributed by atoms with Gasteiger partial charge in [0, 0.05) is 16.3 Å². The molecule has 0 radical (unpaired) electrons. The fraction of sp³-hybridized carbons (Fsp3) is 0.176. The van der Waals surface area contributed by atoms with Crippen LogP contribution in [0.15, 0.2) is 34.3 Å². The molecule has 1 aromatic carbocycles. The van der Waals surface area contributed by atoms with Crippen molar-refractivity contribution in [1.82, 2.24) is 4.98 Å². The van der Waals surface area contributed by atoms with E-state index in [1.165, 1.54) is 11.3 Å². The molecule has 7 heteroatoms. The van der Waals surface area contributed by atoms with Crippen molar-refractivity contribution in [2.75, 3.05) is 19.5 Å². The van der Waals surface area contributed by atoms with Crippen LogP contribution in [0.25, 0.3) is 10.6 Å². The highest BCUT2D eigenvalue weighted by Crippen LogP contribution is 2.33. The monoisotopic (exact) mass is 360 g/mol. The zero-order valence-electron chi connectivity index (χ0n) is 13.5. The second-order valence-corrected chi connectivity index (χ2v) is 6.63. The van der Waals surface area contributed by atoms with E-state index in [2.05, 4.69) is 10.3 Å². The lowest BCUT2D eigenvalue weighted by atomic mass is 10.2. The number of benzene rings is 1. The Morgan fingerprint density at radius 3 is 2.58 bits per heavy atom. The Morgan fingerprint density at radius 2 is 1.92 bits per heavy atom. The molecular formula is C17H16N2O3S2. The van der Waals surface area contributed by atoms with Crippen molar-refractivity contribution < 1.29 is 14.3 Å². The summed E-state index contributed by atoms with van der Waals surface area (Å²) in [5, 5.41) is 9.29. The van der Waals surface area contributed by atoms with Crippen molar-refractivity contribution in [1.29, 1.82) is 0 Å². The number of amides is 1. The number of hydrogen-bond donors (Lipinski definition) is 1. The summed E-state index contributed by atoms with van der Waals surface area (Å²) in [6.07, 6.45) is 0. The van der Waals surface area contributed by atoms with Gasteiger partial charge in [-0.25, -0.2) is 4.98 Å². The number of ether oxygens (including phenoxy) is 2. The molecule has 1 amide bonds. The van der Waals surface area contributed by atoms with Gasteiger partial charge in [0.15, 0.2) is 11.5 Å². The fourth-order valence-electron chi connectivity index (χ4n) is 2.15. The van der Waals surface area contributed by atoms with Crippen molar-refractivity contribution in [3.8, 4) is 22.1 Å². The van der Waals surface area contributed by atoms with Crippen molar-refractivity contribution in [3.05, 3.63) is 45.6 Å². The van der Waals surface area contributed by atoms with Crippen LogP contribution < -0.4 is 14.8 Å². The van der Waals surface area contributed by atoms with E-state index in [-0.39, 0.29) is 5.91 Å². The summed E-state index contributed by atoms with van der Waals surface area (Å²) in [6, 6.07) is 5.57. The van der Waals surface area contributed by atoms with Crippen LogP contribution >= 0.6 is 22.7 Å². The third-order valence-electron chi connectivity index (χ3n) is 3.47. The molecule has 0 unspecified atom stereocenters. The van der Waals surface area contributed by atoms with E-state index in [9.17, 15) is 4.79 Å². The van der Waals surface area contributed by atoms with Gasteiger partial charge in [0.05, 0.1) is 19.9 Å². The Kier molecular flexibility index (Phi) is 4.82. The molecule has 0 fully saturated rings. The number of rotatable bonds is 5. The van der Waals surface area contributed by atoms with E-state index >= 15 is 0 Å². The van der Waals surface area contributed by atoms with Gasteiger partial charge in [0.1, 0.15) is 10.7 Å². The van der Waals surface area contributed by atoms with Crippen molar-refractivity contribution in [3.63, 3.8) is 0 Å². The van der Waals surface area contributed by atoms with Gasteiger partial charge >= 0.3 is 0 Å². The SMILES string of the molecule is COc1ccc(-c2nc(C(=O)Nc3cscc3C)cs2)cc1OC. The Bertz CT molecular complexity index is 870. The second kappa shape index (κ2) is 7.02. The van der Waals surface area contributed by atoms with Crippen LogP contribution in [0.3, 0.4) is 0 Å². The maximum absolute atomic E-state index is 12.3. The van der Waals surface area contributed by atoms with Crippen molar-refractivity contribution in [2.24, 2.45) is 0 Å². The summed E-state index contributed by atoms with van der Waals surface area (Å²) in [7, 11) is 3.18. The van der Waals surface area contributed by atoms with Crippen LogP contribution in [-0.2, 0) is 0 Å². The van der Waals surface area contributed by atoms with Crippen LogP contribution in [0.2, 0.25) is 0 Å². The minimum atomic E-state index is -0.209. The Balaban J connectivity index is 1.83. The first-order valence-corrected chi connectivity index (χ1v) is 8.96. The third kappa shape index (κ3) is 3.27. The van der Waals surface area contributed by atoms with Gasteiger partial charge in [-0.3, -0.25) is 4.79 Å². The zero-order valence-corrected chi connectivity index (χ0v) is 15.1. The Hall–Kier alpha value is -2.38. The first kappa shape index (κ1) is 16.5. The molecule has 1 N–H and O–H groups in total. The maximum Gasteiger partial charge on any atom is 0.275 e. The van der Waals surface area contributed by atoms with Gasteiger partial charge in [-0.2, -0.15) is 0 Å². The van der Waals surface area contributed by atoms with E-state index in [1.54, 1.807) is 30.9 Å². The number of thiazole rings is 1. The molecule has 0 aliphatic heterocycles. The molecule has 0 aliphatic carbocycles. The van der Waals surface area contributed by atoms with E-state index in [4.69, 9.17) is 9.47 Å². The average Bonchev–Trinajstić information content (AvgIpc) is 3.24. The van der Waals surface area contributed by atoms with Crippen LogP contribution in [0.5, 0.6) is 11.5 Å². The summed E-state index contributed by atoms with van der Waals surface area (Å²) < 4.78 is 10.5. The first-order chi connectivity index (χ1) is 11.6. The normalized spacial score (nSPS) is 10.5. The predicted octanol–water partition coefficient (Wildman–Crippen LogP) is 4.45. The number of thiophene rings is 1. The van der Waals surface area contributed by atoms with E-state index in [0.29, 0.717) is 17.2 Å². The summed E-state index contributed by atoms with van der Waals surface area (Å²) in [4.78, 5) is 16.8. The highest BCUT2D eigenvalue weighted by Gasteiger charge is 2.14. The maximum atomic E-state index is 12.3. The number of carbonyl (C=O) groups excluding carboxylic acids is 1. The van der Waals surface area contributed by atoms with Gasteiger partial charge in [-0.1, -0.05) is 0 Å². The van der Waals surface area contributed by atoms with Crippen LogP contribution in [0, 0.1) is 6.92 Å². The molecule has 2 heterocycles. The Morgan fingerprint density at radius 1 is 1.12 bits per heavy atom. The molecule has 0 aliphatic rings. The lowest BCUT2D eigenvalue weighted by Gasteiger charge is -2.08. The second-order valence-electron chi connectivity index (χ2n) is 5.03. The molecular weight excluding hydrogens is 344 g/mol. The number of nitrogens with zero attached hydrogens (tertiary/aromatic N) is 1. The minimum Gasteiger partial charge on any atom is -0.493 e. The van der Waals surface area contributed by atoms with Crippen molar-refractivity contribution >= 4 is 34.3 Å². The van der Waals surface area contributed by atoms with Crippen LogP contribution in [0.1, 0.15) is 16.1 Å². The topological polar surface area (TPSA) is 60.5 Å². The third-order valence-corrected chi connectivity index (χ3v) is 5.22. The molecule has 0 bridgehead atoms. The molecule has 3 aromatic rings. The first-order valence-electron chi connectivity index (χ1n) is 7.14. The summed E-state index contributed by atoms with van der Waals surface area (Å²) >= 11 is 2.97. The number of methoxy groups -OCH3 is 2. The molecule has 0 saturated heterocycles. The number of anilines is 1. The van der Waals surface area contributed by atoms with Gasteiger partial charge in [-0.15, -0.1) is 22.7 Å². The number of hydrogen-bond acceptors (Lipinski definition) is 6. The smallest absolute Gasteiger partial charge is 0.275 e. The molecule has 2 aromatic heterocycles. The van der Waals surface area contributed by atoms with E-state index in [0.717, 1.165) is 21.8 Å². The number of carbonyl (C=O) groups is 1.